The summed E-state index contributed by atoms with van der Waals surface area (Å²) in [5.74, 6) is 0.871. The van der Waals surface area contributed by atoms with Crippen molar-refractivity contribution in [2.24, 2.45) is 0 Å². The normalized spacial score (nSPS) is 14.2. The van der Waals surface area contributed by atoms with Crippen LogP contribution in [0.1, 0.15) is 39.0 Å². The first-order valence-corrected chi connectivity index (χ1v) is 7.14. The number of hydrogen-bond donors (Lipinski definition) is 2. The minimum absolute atomic E-state index is 0.00947. The molecule has 2 N–H and O–H groups in total. The summed E-state index contributed by atoms with van der Waals surface area (Å²) in [7, 11) is 0. The molecule has 0 aliphatic rings. The van der Waals surface area contributed by atoms with Crippen molar-refractivity contribution in [3.63, 3.8) is 0 Å². The second-order valence-corrected chi connectivity index (χ2v) is 5.09. The lowest BCUT2D eigenvalue weighted by atomic mass is 10.2. The van der Waals surface area contributed by atoms with Crippen molar-refractivity contribution in [1.82, 2.24) is 10.6 Å². The number of fused-ring (bicyclic) bond motifs is 1. The van der Waals surface area contributed by atoms with Crippen molar-refractivity contribution < 1.29 is 9.21 Å². The Morgan fingerprint density at radius 1 is 1.30 bits per heavy atom. The molecule has 4 heteroatoms. The lowest BCUT2D eigenvalue weighted by Crippen LogP contribution is -2.43. The van der Waals surface area contributed by atoms with Crippen LogP contribution < -0.4 is 10.6 Å². The molecule has 2 aromatic rings. The first-order valence-electron chi connectivity index (χ1n) is 7.14. The summed E-state index contributed by atoms with van der Waals surface area (Å²) in [4.78, 5) is 11.8. The fourth-order valence-corrected chi connectivity index (χ4v) is 2.15. The van der Waals surface area contributed by atoms with Gasteiger partial charge in [0.25, 0.3) is 0 Å². The summed E-state index contributed by atoms with van der Waals surface area (Å²) in [6.07, 6.45) is 0.942. The molecular formula is C16H22N2O2. The molecule has 108 valence electrons. The van der Waals surface area contributed by atoms with Crippen LogP contribution in [-0.2, 0) is 4.79 Å². The van der Waals surface area contributed by atoms with Crippen molar-refractivity contribution in [3.05, 3.63) is 36.1 Å². The van der Waals surface area contributed by atoms with Crippen LogP contribution in [-0.4, -0.2) is 18.5 Å². The molecule has 1 aromatic heterocycles. The zero-order valence-corrected chi connectivity index (χ0v) is 12.3. The number of furan rings is 1. The van der Waals surface area contributed by atoms with Crippen LogP contribution in [0.2, 0.25) is 0 Å². The minimum atomic E-state index is -0.246. The van der Waals surface area contributed by atoms with Crippen LogP contribution in [0.15, 0.2) is 34.7 Å². The Labute approximate surface area is 119 Å². The van der Waals surface area contributed by atoms with Crippen molar-refractivity contribution in [2.45, 2.75) is 39.3 Å². The summed E-state index contributed by atoms with van der Waals surface area (Å²) < 4.78 is 5.80. The molecule has 4 nitrogen and oxygen atoms in total. The number of hydrogen-bond acceptors (Lipinski definition) is 3. The predicted octanol–water partition coefficient (Wildman–Crippen LogP) is 3.00. The van der Waals surface area contributed by atoms with E-state index in [0.717, 1.165) is 23.2 Å². The van der Waals surface area contributed by atoms with Crippen LogP contribution in [0, 0.1) is 0 Å². The van der Waals surface area contributed by atoms with E-state index < -0.39 is 0 Å². The van der Waals surface area contributed by atoms with Crippen molar-refractivity contribution >= 4 is 16.9 Å². The Hall–Kier alpha value is -1.81. The average Bonchev–Trinajstić information content (AvgIpc) is 2.88. The molecule has 1 amide bonds. The van der Waals surface area contributed by atoms with Gasteiger partial charge in [0.15, 0.2) is 0 Å². The highest BCUT2D eigenvalue weighted by Crippen LogP contribution is 2.23. The summed E-state index contributed by atoms with van der Waals surface area (Å²) in [6.45, 7) is 6.62. The first kappa shape index (κ1) is 14.6. The molecule has 2 rings (SSSR count). The molecular weight excluding hydrogens is 252 g/mol. The Bertz CT molecular complexity index is 544. The lowest BCUT2D eigenvalue weighted by Gasteiger charge is -2.17. The first-order chi connectivity index (χ1) is 9.61. The monoisotopic (exact) mass is 274 g/mol. The van der Waals surface area contributed by atoms with Gasteiger partial charge >= 0.3 is 0 Å². The van der Waals surface area contributed by atoms with Gasteiger partial charge in [0.05, 0.1) is 12.1 Å². The summed E-state index contributed by atoms with van der Waals surface area (Å²) >= 11 is 0. The molecule has 0 spiro atoms. The van der Waals surface area contributed by atoms with E-state index in [-0.39, 0.29) is 18.0 Å². The molecule has 1 heterocycles. The van der Waals surface area contributed by atoms with Gasteiger partial charge in [-0.1, -0.05) is 25.1 Å². The maximum atomic E-state index is 11.8. The second kappa shape index (κ2) is 6.57. The third-order valence-electron chi connectivity index (χ3n) is 3.31. The van der Waals surface area contributed by atoms with E-state index in [1.807, 2.05) is 51.1 Å². The van der Waals surface area contributed by atoms with Crippen LogP contribution in [0.4, 0.5) is 0 Å². The third-order valence-corrected chi connectivity index (χ3v) is 3.31. The van der Waals surface area contributed by atoms with Crippen molar-refractivity contribution in [1.29, 1.82) is 0 Å². The molecule has 0 saturated carbocycles. The van der Waals surface area contributed by atoms with Gasteiger partial charge < -0.3 is 9.73 Å². The standard InChI is InChI=1S/C16H22N2O2/c1-4-9-17-16(19)12(3)18-11(2)15-10-13-7-5-6-8-14(13)20-15/h5-8,10-12,18H,4,9H2,1-3H3,(H,17,19). The lowest BCUT2D eigenvalue weighted by molar-refractivity contribution is -0.122. The highest BCUT2D eigenvalue weighted by Gasteiger charge is 2.18. The molecule has 0 aliphatic carbocycles. The number of amides is 1. The highest BCUT2D eigenvalue weighted by atomic mass is 16.3. The largest absolute Gasteiger partial charge is 0.459 e. The summed E-state index contributed by atoms with van der Waals surface area (Å²) in [5.41, 5.74) is 0.874. The fourth-order valence-electron chi connectivity index (χ4n) is 2.15. The zero-order chi connectivity index (χ0) is 14.5. The van der Waals surface area contributed by atoms with Gasteiger partial charge in [0.1, 0.15) is 11.3 Å². The van der Waals surface area contributed by atoms with E-state index in [1.54, 1.807) is 0 Å². The molecule has 0 fully saturated rings. The Kier molecular flexibility index (Phi) is 4.79. The molecule has 0 saturated heterocycles. The second-order valence-electron chi connectivity index (χ2n) is 5.09. The molecule has 20 heavy (non-hydrogen) atoms. The van der Waals surface area contributed by atoms with E-state index in [9.17, 15) is 4.79 Å². The highest BCUT2D eigenvalue weighted by molar-refractivity contribution is 5.81. The third kappa shape index (κ3) is 3.39. The molecule has 0 bridgehead atoms. The van der Waals surface area contributed by atoms with E-state index in [2.05, 4.69) is 10.6 Å². The average molecular weight is 274 g/mol. The van der Waals surface area contributed by atoms with Crippen LogP contribution >= 0.6 is 0 Å². The number of carbonyl (C=O) groups excluding carboxylic acids is 1. The molecule has 2 unspecified atom stereocenters. The van der Waals surface area contributed by atoms with Gasteiger partial charge in [0, 0.05) is 11.9 Å². The number of carbonyl (C=O) groups is 1. The van der Waals surface area contributed by atoms with Gasteiger partial charge in [-0.2, -0.15) is 0 Å². The molecule has 0 aliphatic heterocycles. The topological polar surface area (TPSA) is 54.3 Å². The van der Waals surface area contributed by atoms with Gasteiger partial charge in [-0.25, -0.2) is 0 Å². The van der Waals surface area contributed by atoms with Gasteiger partial charge in [-0.3, -0.25) is 10.1 Å². The Balaban J connectivity index is 2.00. The number of para-hydroxylation sites is 1. The minimum Gasteiger partial charge on any atom is -0.459 e. The van der Waals surface area contributed by atoms with Crippen molar-refractivity contribution in [2.75, 3.05) is 6.54 Å². The van der Waals surface area contributed by atoms with Crippen LogP contribution in [0.5, 0.6) is 0 Å². The van der Waals surface area contributed by atoms with Crippen LogP contribution in [0.25, 0.3) is 11.0 Å². The van der Waals surface area contributed by atoms with Gasteiger partial charge in [0.2, 0.25) is 5.91 Å². The predicted molar refractivity (Wildman–Crippen MR) is 80.5 cm³/mol. The molecule has 2 atom stereocenters. The SMILES string of the molecule is CCCNC(=O)C(C)NC(C)c1cc2ccccc2o1. The van der Waals surface area contributed by atoms with E-state index in [4.69, 9.17) is 4.42 Å². The summed E-state index contributed by atoms with van der Waals surface area (Å²) in [5, 5.41) is 7.23. The van der Waals surface area contributed by atoms with E-state index in [1.165, 1.54) is 0 Å². The number of nitrogens with one attached hydrogen (secondary N) is 2. The van der Waals surface area contributed by atoms with Gasteiger partial charge in [-0.15, -0.1) is 0 Å². The van der Waals surface area contributed by atoms with Crippen molar-refractivity contribution in [3.8, 4) is 0 Å². The molecule has 1 aromatic carbocycles. The number of benzene rings is 1. The van der Waals surface area contributed by atoms with Crippen LogP contribution in [0.3, 0.4) is 0 Å². The quantitative estimate of drug-likeness (QED) is 0.851. The smallest absolute Gasteiger partial charge is 0.236 e. The van der Waals surface area contributed by atoms with E-state index >= 15 is 0 Å². The zero-order valence-electron chi connectivity index (χ0n) is 12.3. The Morgan fingerprint density at radius 2 is 2.05 bits per heavy atom. The molecule has 0 radical (unpaired) electrons. The van der Waals surface area contributed by atoms with Gasteiger partial charge in [-0.05, 0) is 32.4 Å². The Morgan fingerprint density at radius 3 is 2.75 bits per heavy atom. The number of rotatable bonds is 6. The van der Waals surface area contributed by atoms with E-state index in [0.29, 0.717) is 6.54 Å². The maximum Gasteiger partial charge on any atom is 0.236 e. The fraction of sp³-hybridized carbons (Fsp3) is 0.438. The maximum absolute atomic E-state index is 11.8. The summed E-state index contributed by atoms with van der Waals surface area (Å²) in [6, 6.07) is 9.67.